The Bertz CT molecular complexity index is 813. The van der Waals surface area contributed by atoms with Gasteiger partial charge in [0.2, 0.25) is 11.8 Å². The van der Waals surface area contributed by atoms with Crippen LogP contribution in [0.4, 0.5) is 0 Å². The molecule has 2 aromatic carbocycles. The zero-order valence-electron chi connectivity index (χ0n) is 18.8. The minimum absolute atomic E-state index is 0.0193. The second-order valence-electron chi connectivity index (χ2n) is 7.80. The molecule has 30 heavy (non-hydrogen) atoms. The molecule has 5 nitrogen and oxygen atoms in total. The fraction of sp³-hybridized carbons (Fsp3) is 0.440. The van der Waals surface area contributed by atoms with E-state index in [1.807, 2.05) is 31.2 Å². The third kappa shape index (κ3) is 6.34. The first kappa shape index (κ1) is 23.5. The van der Waals surface area contributed by atoms with Crippen LogP contribution >= 0.6 is 0 Å². The zero-order chi connectivity index (χ0) is 22.1. The van der Waals surface area contributed by atoms with E-state index in [1.165, 1.54) is 5.56 Å². The van der Waals surface area contributed by atoms with Crippen molar-refractivity contribution in [3.05, 3.63) is 65.2 Å². The Morgan fingerprint density at radius 1 is 1.00 bits per heavy atom. The number of benzene rings is 2. The number of hydrogen-bond acceptors (Lipinski definition) is 3. The summed E-state index contributed by atoms with van der Waals surface area (Å²) in [6.07, 6.45) is 1.58. The molecule has 2 amide bonds. The predicted octanol–water partition coefficient (Wildman–Crippen LogP) is 4.30. The Morgan fingerprint density at radius 2 is 1.60 bits per heavy atom. The van der Waals surface area contributed by atoms with E-state index < -0.39 is 6.04 Å². The quantitative estimate of drug-likeness (QED) is 0.635. The summed E-state index contributed by atoms with van der Waals surface area (Å²) in [6, 6.07) is 15.5. The molecule has 0 aromatic heterocycles. The number of carbonyl (C=O) groups is 2. The number of rotatable bonds is 10. The first-order chi connectivity index (χ1) is 14.4. The Hall–Kier alpha value is -2.82. The monoisotopic (exact) mass is 410 g/mol. The normalized spacial score (nSPS) is 11.8. The van der Waals surface area contributed by atoms with Crippen LogP contribution in [0.3, 0.4) is 0 Å². The number of ether oxygens (including phenoxy) is 1. The van der Waals surface area contributed by atoms with E-state index in [2.05, 4.69) is 43.4 Å². The van der Waals surface area contributed by atoms with Crippen molar-refractivity contribution in [1.82, 2.24) is 10.2 Å². The molecule has 162 valence electrons. The van der Waals surface area contributed by atoms with Gasteiger partial charge in [-0.1, -0.05) is 57.2 Å². The Balaban J connectivity index is 2.14. The molecule has 0 unspecified atom stereocenters. The molecule has 0 aliphatic heterocycles. The molecule has 0 saturated carbocycles. The van der Waals surface area contributed by atoms with Gasteiger partial charge >= 0.3 is 0 Å². The van der Waals surface area contributed by atoms with Crippen LogP contribution in [-0.2, 0) is 22.6 Å². The summed E-state index contributed by atoms with van der Waals surface area (Å²) in [5, 5.41) is 2.69. The van der Waals surface area contributed by atoms with E-state index in [1.54, 1.807) is 19.1 Å². The molecule has 2 rings (SSSR count). The molecule has 5 heteroatoms. The van der Waals surface area contributed by atoms with Crippen LogP contribution in [0, 0.1) is 0 Å². The number of nitrogens with zero attached hydrogens (tertiary/aromatic N) is 1. The maximum absolute atomic E-state index is 13.2. The van der Waals surface area contributed by atoms with Gasteiger partial charge in [0.15, 0.2) is 0 Å². The highest BCUT2D eigenvalue weighted by Crippen LogP contribution is 2.19. The Kier molecular flexibility index (Phi) is 8.90. The van der Waals surface area contributed by atoms with Gasteiger partial charge in [0.1, 0.15) is 11.8 Å². The number of nitrogens with one attached hydrogen (secondary N) is 1. The van der Waals surface area contributed by atoms with Crippen LogP contribution in [0.25, 0.3) is 0 Å². The first-order valence-electron chi connectivity index (χ1n) is 10.6. The lowest BCUT2D eigenvalue weighted by molar-refractivity contribution is -0.141. The number of likely N-dealkylation sites (N-methyl/N-ethyl adjacent to an activating group) is 1. The number of hydrogen-bond donors (Lipinski definition) is 1. The molecule has 0 bridgehead atoms. The number of carbonyl (C=O) groups excluding carboxylic acids is 2. The average molecular weight is 411 g/mol. The standard InChI is InChI=1S/C25H34N2O3/c1-6-23(25(29)26-4)27(17-20-9-14-22(30-5)15-10-20)24(28)16-11-19-7-12-21(13-8-19)18(2)3/h7-10,12-15,18,23H,6,11,16-17H2,1-5H3,(H,26,29)/t23-/m0/s1. The topological polar surface area (TPSA) is 58.6 Å². The first-order valence-corrected chi connectivity index (χ1v) is 10.6. The molecule has 0 radical (unpaired) electrons. The molecule has 1 N–H and O–H groups in total. The van der Waals surface area contributed by atoms with Crippen molar-refractivity contribution in [1.29, 1.82) is 0 Å². The van der Waals surface area contributed by atoms with Gasteiger partial charge in [-0.25, -0.2) is 0 Å². The summed E-state index contributed by atoms with van der Waals surface area (Å²) in [5.41, 5.74) is 3.38. The molecule has 2 aromatic rings. The fourth-order valence-corrected chi connectivity index (χ4v) is 3.48. The molecular weight excluding hydrogens is 376 g/mol. The smallest absolute Gasteiger partial charge is 0.242 e. The number of aryl methyl sites for hydroxylation is 1. The molecule has 0 saturated heterocycles. The van der Waals surface area contributed by atoms with Gasteiger partial charge in [-0.2, -0.15) is 0 Å². The second kappa shape index (κ2) is 11.4. The summed E-state index contributed by atoms with van der Waals surface area (Å²) < 4.78 is 5.21. The van der Waals surface area contributed by atoms with Crippen molar-refractivity contribution in [2.75, 3.05) is 14.2 Å². The van der Waals surface area contributed by atoms with Crippen LogP contribution in [0.2, 0.25) is 0 Å². The fourth-order valence-electron chi connectivity index (χ4n) is 3.48. The lowest BCUT2D eigenvalue weighted by atomic mass is 10.00. The Labute approximate surface area is 180 Å². The molecule has 0 heterocycles. The summed E-state index contributed by atoms with van der Waals surface area (Å²) in [7, 11) is 3.23. The SMILES string of the molecule is CC[C@@H](C(=O)NC)N(Cc1ccc(OC)cc1)C(=O)CCc1ccc(C(C)C)cc1. The molecular formula is C25H34N2O3. The van der Waals surface area contributed by atoms with E-state index in [0.29, 0.717) is 31.7 Å². The summed E-state index contributed by atoms with van der Waals surface area (Å²) in [4.78, 5) is 27.3. The van der Waals surface area contributed by atoms with E-state index in [0.717, 1.165) is 16.9 Å². The maximum Gasteiger partial charge on any atom is 0.242 e. The zero-order valence-corrected chi connectivity index (χ0v) is 18.8. The van der Waals surface area contributed by atoms with Crippen LogP contribution in [0.5, 0.6) is 5.75 Å². The van der Waals surface area contributed by atoms with Crippen LogP contribution in [0.15, 0.2) is 48.5 Å². The van der Waals surface area contributed by atoms with Crippen molar-refractivity contribution < 1.29 is 14.3 Å². The van der Waals surface area contributed by atoms with Gasteiger partial charge < -0.3 is 15.0 Å². The van der Waals surface area contributed by atoms with Gasteiger partial charge in [0.25, 0.3) is 0 Å². The molecule has 0 fully saturated rings. The second-order valence-corrected chi connectivity index (χ2v) is 7.80. The molecule has 1 atom stereocenters. The average Bonchev–Trinajstić information content (AvgIpc) is 2.77. The van der Waals surface area contributed by atoms with Crippen LogP contribution in [-0.4, -0.2) is 36.9 Å². The van der Waals surface area contributed by atoms with Crippen LogP contribution < -0.4 is 10.1 Å². The van der Waals surface area contributed by atoms with Crippen molar-refractivity contribution in [2.45, 2.75) is 58.5 Å². The van der Waals surface area contributed by atoms with Crippen molar-refractivity contribution >= 4 is 11.8 Å². The molecule has 0 spiro atoms. The molecule has 0 aliphatic carbocycles. The van der Waals surface area contributed by atoms with Gasteiger partial charge in [0.05, 0.1) is 7.11 Å². The van der Waals surface area contributed by atoms with Gasteiger partial charge in [0, 0.05) is 20.0 Å². The highest BCUT2D eigenvalue weighted by atomic mass is 16.5. The summed E-state index contributed by atoms with van der Waals surface area (Å²) in [6.45, 7) is 6.65. The predicted molar refractivity (Wildman–Crippen MR) is 121 cm³/mol. The van der Waals surface area contributed by atoms with Crippen molar-refractivity contribution in [3.8, 4) is 5.75 Å². The highest BCUT2D eigenvalue weighted by Gasteiger charge is 2.27. The van der Waals surface area contributed by atoms with E-state index in [9.17, 15) is 9.59 Å². The number of amides is 2. The minimum atomic E-state index is -0.493. The molecule has 0 aliphatic rings. The van der Waals surface area contributed by atoms with Gasteiger partial charge in [-0.15, -0.1) is 0 Å². The highest BCUT2D eigenvalue weighted by molar-refractivity contribution is 5.87. The van der Waals surface area contributed by atoms with Gasteiger partial charge in [-0.3, -0.25) is 9.59 Å². The number of methoxy groups -OCH3 is 1. The lowest BCUT2D eigenvalue weighted by Crippen LogP contribution is -2.48. The minimum Gasteiger partial charge on any atom is -0.497 e. The largest absolute Gasteiger partial charge is 0.497 e. The third-order valence-corrected chi connectivity index (χ3v) is 5.42. The van der Waals surface area contributed by atoms with E-state index in [-0.39, 0.29) is 11.8 Å². The van der Waals surface area contributed by atoms with Crippen molar-refractivity contribution in [3.63, 3.8) is 0 Å². The lowest BCUT2D eigenvalue weighted by Gasteiger charge is -2.30. The maximum atomic E-state index is 13.2. The summed E-state index contributed by atoms with van der Waals surface area (Å²) in [5.74, 6) is 1.09. The van der Waals surface area contributed by atoms with Crippen molar-refractivity contribution in [2.24, 2.45) is 0 Å². The van der Waals surface area contributed by atoms with Crippen LogP contribution in [0.1, 0.15) is 56.2 Å². The van der Waals surface area contributed by atoms with E-state index in [4.69, 9.17) is 4.74 Å². The third-order valence-electron chi connectivity index (χ3n) is 5.42. The summed E-state index contributed by atoms with van der Waals surface area (Å²) >= 11 is 0. The Morgan fingerprint density at radius 3 is 2.10 bits per heavy atom. The van der Waals surface area contributed by atoms with Gasteiger partial charge in [-0.05, 0) is 47.6 Å². The van der Waals surface area contributed by atoms with E-state index >= 15 is 0 Å².